The van der Waals surface area contributed by atoms with E-state index < -0.39 is 6.10 Å². The predicted molar refractivity (Wildman–Crippen MR) is 98.4 cm³/mol. The Balaban J connectivity index is 2.01. The van der Waals surface area contributed by atoms with Crippen LogP contribution in [-0.4, -0.2) is 12.0 Å². The molecule has 2 aromatic rings. The number of benzene rings is 2. The highest BCUT2D eigenvalue weighted by Crippen LogP contribution is 2.21. The molecular weight excluding hydrogens is 298 g/mol. The fraction of sp³-hybridized carbons (Fsp3) is 0.381. The molecular formula is C21H27NO2. The van der Waals surface area contributed by atoms with Gasteiger partial charge in [-0.15, -0.1) is 0 Å². The Hall–Kier alpha value is -2.29. The van der Waals surface area contributed by atoms with Crippen molar-refractivity contribution in [2.45, 2.75) is 53.2 Å². The van der Waals surface area contributed by atoms with Gasteiger partial charge in [0.1, 0.15) is 5.75 Å². The number of hydrogen-bond donors (Lipinski definition) is 1. The summed E-state index contributed by atoms with van der Waals surface area (Å²) in [5, 5.41) is 3.04. The van der Waals surface area contributed by atoms with Crippen LogP contribution in [0.25, 0.3) is 0 Å². The summed E-state index contributed by atoms with van der Waals surface area (Å²) in [6.45, 7) is 10.0. The van der Waals surface area contributed by atoms with Crippen molar-refractivity contribution in [3.63, 3.8) is 0 Å². The van der Waals surface area contributed by atoms with Crippen molar-refractivity contribution >= 4 is 5.91 Å². The van der Waals surface area contributed by atoms with E-state index in [1.807, 2.05) is 31.2 Å². The van der Waals surface area contributed by atoms with Gasteiger partial charge in [-0.1, -0.05) is 43.3 Å². The van der Waals surface area contributed by atoms with Gasteiger partial charge in [0.2, 0.25) is 0 Å². The van der Waals surface area contributed by atoms with E-state index in [2.05, 4.69) is 44.3 Å². The lowest BCUT2D eigenvalue weighted by Crippen LogP contribution is -2.37. The zero-order valence-electron chi connectivity index (χ0n) is 15.2. The van der Waals surface area contributed by atoms with Crippen LogP contribution in [0.2, 0.25) is 0 Å². The van der Waals surface area contributed by atoms with Gasteiger partial charge in [-0.05, 0) is 62.4 Å². The normalized spacial score (nSPS) is 13.2. The maximum Gasteiger partial charge on any atom is 0.261 e. The third kappa shape index (κ3) is 4.38. The molecule has 0 radical (unpaired) electrons. The molecule has 2 atom stereocenters. The number of nitrogens with one attached hydrogen (secondary N) is 1. The topological polar surface area (TPSA) is 38.3 Å². The van der Waals surface area contributed by atoms with Gasteiger partial charge < -0.3 is 10.1 Å². The molecule has 1 N–H and O–H groups in total. The number of para-hydroxylation sites is 1. The lowest BCUT2D eigenvalue weighted by Gasteiger charge is -2.20. The zero-order chi connectivity index (χ0) is 17.7. The Morgan fingerprint density at radius 1 is 1.08 bits per heavy atom. The Morgan fingerprint density at radius 3 is 2.46 bits per heavy atom. The molecule has 0 unspecified atom stereocenters. The summed E-state index contributed by atoms with van der Waals surface area (Å²) in [4.78, 5) is 12.4. The lowest BCUT2D eigenvalue weighted by atomic mass is 10.0. The monoisotopic (exact) mass is 325 g/mol. The second-order valence-corrected chi connectivity index (χ2v) is 6.30. The van der Waals surface area contributed by atoms with E-state index in [0.29, 0.717) is 0 Å². The van der Waals surface area contributed by atoms with Crippen LogP contribution in [0, 0.1) is 13.8 Å². The molecule has 0 bridgehead atoms. The van der Waals surface area contributed by atoms with E-state index >= 15 is 0 Å². The van der Waals surface area contributed by atoms with Crippen LogP contribution in [0.15, 0.2) is 42.5 Å². The molecule has 0 aromatic heterocycles. The summed E-state index contributed by atoms with van der Waals surface area (Å²) in [5.74, 6) is 0.674. The van der Waals surface area contributed by atoms with Crippen LogP contribution in [0.4, 0.5) is 0 Å². The summed E-state index contributed by atoms with van der Waals surface area (Å²) >= 11 is 0. The predicted octanol–water partition coefficient (Wildman–Crippen LogP) is 4.51. The molecule has 0 heterocycles. The van der Waals surface area contributed by atoms with Crippen molar-refractivity contribution in [3.05, 3.63) is 64.7 Å². The molecule has 0 aliphatic carbocycles. The molecule has 0 aliphatic heterocycles. The number of aryl methyl sites for hydroxylation is 3. The zero-order valence-corrected chi connectivity index (χ0v) is 15.2. The number of carbonyl (C=O) groups excluding carboxylic acids is 1. The van der Waals surface area contributed by atoms with Crippen LogP contribution in [0.5, 0.6) is 5.75 Å². The smallest absolute Gasteiger partial charge is 0.261 e. The quantitative estimate of drug-likeness (QED) is 0.848. The first kappa shape index (κ1) is 18.1. The van der Waals surface area contributed by atoms with E-state index in [0.717, 1.165) is 23.3 Å². The standard InChI is InChI=1S/C21H27NO2/c1-6-18-9-7-8-10-20(18)24-17(5)21(23)22-16(4)19-12-11-14(2)15(3)13-19/h7-13,16-17H,6H2,1-5H3,(H,22,23)/t16-,17-/m0/s1. The second-order valence-electron chi connectivity index (χ2n) is 6.30. The molecule has 3 nitrogen and oxygen atoms in total. The Morgan fingerprint density at radius 2 is 1.79 bits per heavy atom. The number of carbonyl (C=O) groups is 1. The van der Waals surface area contributed by atoms with Gasteiger partial charge in [-0.25, -0.2) is 0 Å². The highest BCUT2D eigenvalue weighted by atomic mass is 16.5. The van der Waals surface area contributed by atoms with Crippen molar-refractivity contribution in [1.29, 1.82) is 0 Å². The maximum atomic E-state index is 12.4. The van der Waals surface area contributed by atoms with Crippen LogP contribution >= 0.6 is 0 Å². The third-order valence-electron chi connectivity index (χ3n) is 4.42. The van der Waals surface area contributed by atoms with E-state index in [1.165, 1.54) is 11.1 Å². The Kier molecular flexibility index (Phi) is 6.02. The summed E-state index contributed by atoms with van der Waals surface area (Å²) in [6, 6.07) is 14.1. The van der Waals surface area contributed by atoms with Gasteiger partial charge in [0.25, 0.3) is 5.91 Å². The van der Waals surface area contributed by atoms with Gasteiger partial charge in [0.15, 0.2) is 6.10 Å². The average molecular weight is 325 g/mol. The first-order valence-corrected chi connectivity index (χ1v) is 8.54. The van der Waals surface area contributed by atoms with Crippen molar-refractivity contribution in [1.82, 2.24) is 5.32 Å². The second kappa shape index (κ2) is 8.00. The third-order valence-corrected chi connectivity index (χ3v) is 4.42. The minimum absolute atomic E-state index is 0.0516. The molecule has 128 valence electrons. The van der Waals surface area contributed by atoms with Gasteiger partial charge >= 0.3 is 0 Å². The summed E-state index contributed by atoms with van der Waals surface area (Å²) in [6.07, 6.45) is 0.343. The fourth-order valence-electron chi connectivity index (χ4n) is 2.60. The molecule has 1 amide bonds. The molecule has 0 saturated heterocycles. The van der Waals surface area contributed by atoms with Crippen molar-refractivity contribution < 1.29 is 9.53 Å². The number of amides is 1. The van der Waals surface area contributed by atoms with Gasteiger partial charge in [-0.3, -0.25) is 4.79 Å². The minimum Gasteiger partial charge on any atom is -0.481 e. The minimum atomic E-state index is -0.535. The van der Waals surface area contributed by atoms with E-state index in [1.54, 1.807) is 6.92 Å². The molecule has 3 heteroatoms. The first-order valence-electron chi connectivity index (χ1n) is 8.54. The maximum absolute atomic E-state index is 12.4. The lowest BCUT2D eigenvalue weighted by molar-refractivity contribution is -0.127. The van der Waals surface area contributed by atoms with Crippen molar-refractivity contribution in [2.75, 3.05) is 0 Å². The molecule has 0 aliphatic rings. The van der Waals surface area contributed by atoms with E-state index in [4.69, 9.17) is 4.74 Å². The average Bonchev–Trinajstić information content (AvgIpc) is 2.57. The highest BCUT2D eigenvalue weighted by molar-refractivity contribution is 5.81. The Bertz CT molecular complexity index is 709. The van der Waals surface area contributed by atoms with Crippen LogP contribution in [0.3, 0.4) is 0 Å². The van der Waals surface area contributed by atoms with Crippen molar-refractivity contribution in [3.8, 4) is 5.75 Å². The Labute approximate surface area is 145 Å². The molecule has 0 saturated carbocycles. The van der Waals surface area contributed by atoms with Crippen LogP contribution in [0.1, 0.15) is 49.1 Å². The summed E-state index contributed by atoms with van der Waals surface area (Å²) in [5.41, 5.74) is 4.70. The molecule has 2 rings (SSSR count). The highest BCUT2D eigenvalue weighted by Gasteiger charge is 2.18. The van der Waals surface area contributed by atoms with Gasteiger partial charge in [0, 0.05) is 0 Å². The van der Waals surface area contributed by atoms with Gasteiger partial charge in [-0.2, -0.15) is 0 Å². The molecule has 0 spiro atoms. The molecule has 2 aromatic carbocycles. The fourth-order valence-corrected chi connectivity index (χ4v) is 2.60. The number of hydrogen-bond acceptors (Lipinski definition) is 2. The van der Waals surface area contributed by atoms with Crippen molar-refractivity contribution in [2.24, 2.45) is 0 Å². The first-order chi connectivity index (χ1) is 11.4. The van der Waals surface area contributed by atoms with Gasteiger partial charge in [0.05, 0.1) is 6.04 Å². The largest absolute Gasteiger partial charge is 0.481 e. The number of rotatable bonds is 6. The summed E-state index contributed by atoms with van der Waals surface area (Å²) < 4.78 is 5.87. The van der Waals surface area contributed by atoms with Crippen LogP contribution in [-0.2, 0) is 11.2 Å². The van der Waals surface area contributed by atoms with E-state index in [-0.39, 0.29) is 11.9 Å². The molecule has 24 heavy (non-hydrogen) atoms. The molecule has 0 fully saturated rings. The van der Waals surface area contributed by atoms with E-state index in [9.17, 15) is 4.79 Å². The summed E-state index contributed by atoms with van der Waals surface area (Å²) in [7, 11) is 0. The number of ether oxygens (including phenoxy) is 1. The SMILES string of the molecule is CCc1ccccc1O[C@@H](C)C(=O)N[C@@H](C)c1ccc(C)c(C)c1. The van der Waals surface area contributed by atoms with Crippen LogP contribution < -0.4 is 10.1 Å².